The lowest BCUT2D eigenvalue weighted by molar-refractivity contribution is -0.0214. The summed E-state index contributed by atoms with van der Waals surface area (Å²) >= 11 is 0.994. The van der Waals surface area contributed by atoms with E-state index in [1.165, 1.54) is 11.7 Å². The highest BCUT2D eigenvalue weighted by Crippen LogP contribution is 2.33. The van der Waals surface area contributed by atoms with Crippen molar-refractivity contribution in [3.05, 3.63) is 9.67 Å². The van der Waals surface area contributed by atoms with Crippen LogP contribution in [-0.4, -0.2) is 39.5 Å². The summed E-state index contributed by atoms with van der Waals surface area (Å²) in [5.74, 6) is 0.322. The molecule has 108 valence electrons. The van der Waals surface area contributed by atoms with Crippen LogP contribution in [0.25, 0.3) is 10.3 Å². The number of fused-ring (bicyclic) bond motifs is 1. The second-order valence-electron chi connectivity index (χ2n) is 4.45. The second kappa shape index (κ2) is 5.00. The third kappa shape index (κ3) is 2.03. The largest absolute Gasteiger partial charge is 0.480 e. The SMILES string of the molecule is COc1nc(N)nc2c1sc(=O)n2C1CCC(CO)O1. The van der Waals surface area contributed by atoms with Gasteiger partial charge in [0.05, 0.1) is 19.8 Å². The van der Waals surface area contributed by atoms with Crippen LogP contribution in [-0.2, 0) is 4.74 Å². The van der Waals surface area contributed by atoms with Crippen LogP contribution in [0.2, 0.25) is 0 Å². The Morgan fingerprint density at radius 2 is 2.35 bits per heavy atom. The number of aliphatic hydroxyl groups is 1. The van der Waals surface area contributed by atoms with Crippen LogP contribution in [0.1, 0.15) is 19.1 Å². The highest BCUT2D eigenvalue weighted by molar-refractivity contribution is 7.16. The normalized spacial score (nSPS) is 22.5. The number of anilines is 1. The Bertz CT molecular complexity index is 698. The fourth-order valence-corrected chi connectivity index (χ4v) is 3.24. The van der Waals surface area contributed by atoms with Gasteiger partial charge in [-0.1, -0.05) is 11.3 Å². The smallest absolute Gasteiger partial charge is 0.311 e. The molecule has 9 heteroatoms. The molecule has 0 amide bonds. The van der Waals surface area contributed by atoms with Crippen LogP contribution in [0, 0.1) is 0 Å². The number of hydrogen-bond donors (Lipinski definition) is 2. The van der Waals surface area contributed by atoms with Crippen molar-refractivity contribution in [2.24, 2.45) is 0 Å². The van der Waals surface area contributed by atoms with E-state index < -0.39 is 6.23 Å². The fourth-order valence-electron chi connectivity index (χ4n) is 2.31. The minimum absolute atomic E-state index is 0.0394. The van der Waals surface area contributed by atoms with Crippen molar-refractivity contribution in [3.63, 3.8) is 0 Å². The van der Waals surface area contributed by atoms with Gasteiger partial charge in [-0.15, -0.1) is 0 Å². The molecule has 8 nitrogen and oxygen atoms in total. The summed E-state index contributed by atoms with van der Waals surface area (Å²) in [6, 6.07) is 0. The van der Waals surface area contributed by atoms with E-state index in [2.05, 4.69) is 9.97 Å². The predicted octanol–water partition coefficient (Wildman–Crippen LogP) is 0.114. The maximum absolute atomic E-state index is 12.2. The van der Waals surface area contributed by atoms with E-state index in [0.29, 0.717) is 23.2 Å². The molecule has 0 saturated carbocycles. The summed E-state index contributed by atoms with van der Waals surface area (Å²) in [4.78, 5) is 20.0. The number of methoxy groups -OCH3 is 1. The number of thiazole rings is 1. The number of aliphatic hydroxyl groups excluding tert-OH is 1. The fraction of sp³-hybridized carbons (Fsp3) is 0.545. The van der Waals surface area contributed by atoms with Gasteiger partial charge in [0.15, 0.2) is 5.65 Å². The first-order valence-electron chi connectivity index (χ1n) is 6.13. The van der Waals surface area contributed by atoms with E-state index in [4.69, 9.17) is 20.3 Å². The van der Waals surface area contributed by atoms with Gasteiger partial charge in [0.1, 0.15) is 10.9 Å². The Labute approximate surface area is 117 Å². The number of nitrogen functional groups attached to an aromatic ring is 1. The average Bonchev–Trinajstić information content (AvgIpc) is 3.01. The average molecular weight is 298 g/mol. The van der Waals surface area contributed by atoms with Gasteiger partial charge in [0.25, 0.3) is 0 Å². The van der Waals surface area contributed by atoms with Gasteiger partial charge in [-0.3, -0.25) is 9.36 Å². The summed E-state index contributed by atoms with van der Waals surface area (Å²) in [6.07, 6.45) is 0.654. The van der Waals surface area contributed by atoms with Crippen molar-refractivity contribution in [1.82, 2.24) is 14.5 Å². The zero-order valence-electron chi connectivity index (χ0n) is 10.8. The van der Waals surface area contributed by atoms with Crippen molar-refractivity contribution >= 4 is 27.6 Å². The summed E-state index contributed by atoms with van der Waals surface area (Å²) in [6.45, 7) is -0.0617. The lowest BCUT2D eigenvalue weighted by atomic mass is 10.2. The molecule has 1 aliphatic rings. The minimum atomic E-state index is -0.438. The summed E-state index contributed by atoms with van der Waals surface area (Å²) in [5.41, 5.74) is 6.05. The van der Waals surface area contributed by atoms with Crippen LogP contribution < -0.4 is 15.3 Å². The molecule has 0 bridgehead atoms. The molecule has 3 heterocycles. The molecule has 2 atom stereocenters. The van der Waals surface area contributed by atoms with Crippen LogP contribution in [0.15, 0.2) is 4.79 Å². The second-order valence-corrected chi connectivity index (χ2v) is 5.42. The number of aromatic nitrogens is 3. The van der Waals surface area contributed by atoms with Crippen molar-refractivity contribution in [2.75, 3.05) is 19.5 Å². The molecule has 1 fully saturated rings. The van der Waals surface area contributed by atoms with Crippen LogP contribution in [0.3, 0.4) is 0 Å². The van der Waals surface area contributed by atoms with E-state index in [9.17, 15) is 4.79 Å². The van der Waals surface area contributed by atoms with E-state index in [1.807, 2.05) is 0 Å². The first-order valence-corrected chi connectivity index (χ1v) is 6.94. The van der Waals surface area contributed by atoms with Gasteiger partial charge in [0.2, 0.25) is 11.8 Å². The Balaban J connectivity index is 2.14. The number of nitrogens with zero attached hydrogens (tertiary/aromatic N) is 3. The standard InChI is InChI=1S/C11H14N4O4S/c1-18-9-7-8(13-10(12)14-9)15(11(17)20-7)6-3-2-5(4-16)19-6/h5-6,16H,2-4H2,1H3,(H2,12,13,14). The molecule has 0 radical (unpaired) electrons. The van der Waals surface area contributed by atoms with Gasteiger partial charge >= 0.3 is 4.87 Å². The molecule has 3 rings (SSSR count). The van der Waals surface area contributed by atoms with Crippen molar-refractivity contribution in [1.29, 1.82) is 0 Å². The minimum Gasteiger partial charge on any atom is -0.480 e. The molecule has 1 aliphatic heterocycles. The van der Waals surface area contributed by atoms with Crippen LogP contribution in [0.4, 0.5) is 5.95 Å². The number of ether oxygens (including phenoxy) is 2. The van der Waals surface area contributed by atoms with Gasteiger partial charge in [-0.25, -0.2) is 0 Å². The Morgan fingerprint density at radius 1 is 1.55 bits per heavy atom. The molecule has 0 spiro atoms. The first kappa shape index (κ1) is 13.3. The summed E-state index contributed by atoms with van der Waals surface area (Å²) in [5, 5.41) is 9.11. The molecule has 2 aromatic heterocycles. The van der Waals surface area contributed by atoms with Gasteiger partial charge in [-0.2, -0.15) is 9.97 Å². The number of rotatable bonds is 3. The number of hydrogen-bond acceptors (Lipinski definition) is 8. The topological polar surface area (TPSA) is 112 Å². The molecular formula is C11H14N4O4S. The maximum Gasteiger partial charge on any atom is 0.311 e. The zero-order valence-corrected chi connectivity index (χ0v) is 11.6. The quantitative estimate of drug-likeness (QED) is 0.827. The lowest BCUT2D eigenvalue weighted by Crippen LogP contribution is -2.21. The molecule has 2 aromatic rings. The van der Waals surface area contributed by atoms with E-state index in [0.717, 1.165) is 11.3 Å². The summed E-state index contributed by atoms with van der Waals surface area (Å²) < 4.78 is 12.8. The lowest BCUT2D eigenvalue weighted by Gasteiger charge is -2.13. The summed E-state index contributed by atoms with van der Waals surface area (Å²) in [7, 11) is 1.46. The van der Waals surface area contributed by atoms with Crippen molar-refractivity contribution in [2.45, 2.75) is 25.2 Å². The highest BCUT2D eigenvalue weighted by Gasteiger charge is 2.30. The first-order chi connectivity index (χ1) is 9.63. The molecule has 1 saturated heterocycles. The van der Waals surface area contributed by atoms with E-state index in [1.54, 1.807) is 0 Å². The molecule has 3 N–H and O–H groups in total. The van der Waals surface area contributed by atoms with Crippen LogP contribution >= 0.6 is 11.3 Å². The highest BCUT2D eigenvalue weighted by atomic mass is 32.1. The third-order valence-electron chi connectivity index (χ3n) is 3.22. The molecular weight excluding hydrogens is 284 g/mol. The third-order valence-corrected chi connectivity index (χ3v) is 4.15. The van der Waals surface area contributed by atoms with Crippen molar-refractivity contribution in [3.8, 4) is 5.88 Å². The Hall–Kier alpha value is -1.71. The molecule has 20 heavy (non-hydrogen) atoms. The molecule has 2 unspecified atom stereocenters. The van der Waals surface area contributed by atoms with Crippen LogP contribution in [0.5, 0.6) is 5.88 Å². The monoisotopic (exact) mass is 298 g/mol. The number of nitrogens with two attached hydrogens (primary N) is 1. The van der Waals surface area contributed by atoms with Gasteiger partial charge in [-0.05, 0) is 12.8 Å². The van der Waals surface area contributed by atoms with Crippen molar-refractivity contribution < 1.29 is 14.6 Å². The molecule has 0 aliphatic carbocycles. The van der Waals surface area contributed by atoms with Gasteiger partial charge in [0, 0.05) is 0 Å². The van der Waals surface area contributed by atoms with Gasteiger partial charge < -0.3 is 20.3 Å². The Morgan fingerprint density at radius 3 is 3.00 bits per heavy atom. The predicted molar refractivity (Wildman–Crippen MR) is 72.9 cm³/mol. The molecule has 0 aromatic carbocycles. The van der Waals surface area contributed by atoms with E-state index in [-0.39, 0.29) is 29.4 Å². The Kier molecular flexibility index (Phi) is 3.32. The zero-order chi connectivity index (χ0) is 14.3. The maximum atomic E-state index is 12.2. The van der Waals surface area contributed by atoms with E-state index >= 15 is 0 Å².